The van der Waals surface area contributed by atoms with Gasteiger partial charge in [0.05, 0.1) is 63.1 Å². The minimum Gasteiger partial charge on any atom is -0.497 e. The Bertz CT molecular complexity index is 2640. The normalized spacial score (nSPS) is 21.5. The number of aliphatic hydroxyl groups is 1. The molecular formula is C50H51BrN6O5Si. The van der Waals surface area contributed by atoms with Crippen LogP contribution in [0.2, 0.25) is 18.6 Å². The van der Waals surface area contributed by atoms with E-state index in [0.717, 1.165) is 43.9 Å². The first-order valence-electron chi connectivity index (χ1n) is 21.6. The summed E-state index contributed by atoms with van der Waals surface area (Å²) in [6, 6.07) is 42.0. The highest BCUT2D eigenvalue weighted by atomic mass is 79.9. The molecule has 5 atom stereocenters. The topological polar surface area (TPSA) is 122 Å². The molecule has 1 saturated heterocycles. The van der Waals surface area contributed by atoms with Crippen LogP contribution in [0.25, 0.3) is 0 Å². The molecule has 0 radical (unpaired) electrons. The van der Waals surface area contributed by atoms with Crippen molar-refractivity contribution in [1.82, 2.24) is 15.0 Å². The molecule has 1 aromatic heterocycles. The number of fused-ring (bicyclic) bond motifs is 2. The molecule has 11 nitrogen and oxygen atoms in total. The summed E-state index contributed by atoms with van der Waals surface area (Å²) in [5.41, 5.74) is 5.62. The van der Waals surface area contributed by atoms with Crippen molar-refractivity contribution in [3.63, 3.8) is 0 Å². The van der Waals surface area contributed by atoms with E-state index in [0.29, 0.717) is 43.7 Å². The summed E-state index contributed by atoms with van der Waals surface area (Å²) in [5, 5.41) is 26.9. The average Bonchev–Trinajstić information content (AvgIpc) is 3.97. The Kier molecular flexibility index (Phi) is 11.8. The number of carbonyl (C=O) groups excluding carboxylic acids is 2. The smallest absolute Gasteiger partial charge is 0.264 e. The summed E-state index contributed by atoms with van der Waals surface area (Å²) in [4.78, 5) is 30.4. The fourth-order valence-corrected chi connectivity index (χ4v) is 14.5. The first-order chi connectivity index (χ1) is 30.5. The number of aromatic nitrogens is 3. The maximum atomic E-state index is 15.5. The van der Waals surface area contributed by atoms with E-state index in [9.17, 15) is 9.90 Å². The Morgan fingerprint density at radius 3 is 2.33 bits per heavy atom. The summed E-state index contributed by atoms with van der Waals surface area (Å²) < 4.78 is 15.7. The molecule has 3 aliphatic heterocycles. The Morgan fingerprint density at radius 1 is 0.921 bits per heavy atom. The van der Waals surface area contributed by atoms with Crippen molar-refractivity contribution in [1.29, 1.82) is 0 Å². The molecule has 0 bridgehead atoms. The van der Waals surface area contributed by atoms with E-state index < -0.39 is 13.7 Å². The van der Waals surface area contributed by atoms with Gasteiger partial charge in [-0.2, -0.15) is 5.10 Å². The van der Waals surface area contributed by atoms with E-state index in [1.807, 2.05) is 125 Å². The summed E-state index contributed by atoms with van der Waals surface area (Å²) in [5.74, 6) is 0.179. The Balaban J connectivity index is 1.03. The van der Waals surface area contributed by atoms with E-state index in [1.54, 1.807) is 7.11 Å². The van der Waals surface area contributed by atoms with Crippen LogP contribution in [0.5, 0.6) is 5.75 Å². The second-order valence-electron chi connectivity index (χ2n) is 17.3. The van der Waals surface area contributed by atoms with Crippen LogP contribution in [0.1, 0.15) is 60.1 Å². The molecule has 0 aliphatic carbocycles. The van der Waals surface area contributed by atoms with E-state index in [-0.39, 0.29) is 41.9 Å². The number of carbonyl (C=O) groups is 2. The molecule has 1 N–H and O–H groups in total. The highest BCUT2D eigenvalue weighted by Crippen LogP contribution is 2.60. The first-order valence-corrected chi connectivity index (χ1v) is 25.4. The van der Waals surface area contributed by atoms with Crippen LogP contribution in [0.3, 0.4) is 0 Å². The number of nitrogens with zero attached hydrogens (tertiary/aromatic N) is 6. The summed E-state index contributed by atoms with van der Waals surface area (Å²) in [6.07, 6.45) is 3.19. The van der Waals surface area contributed by atoms with Gasteiger partial charge in [-0.05, 0) is 71.1 Å². The lowest BCUT2D eigenvalue weighted by Gasteiger charge is -2.37. The number of halogens is 1. The molecule has 13 heteroatoms. The molecule has 6 aromatic rings. The van der Waals surface area contributed by atoms with Gasteiger partial charge in [0.2, 0.25) is 5.91 Å². The molecule has 1 unspecified atom stereocenters. The number of methoxy groups -OCH3 is 1. The van der Waals surface area contributed by atoms with Crippen LogP contribution in [0.4, 0.5) is 11.4 Å². The van der Waals surface area contributed by atoms with Gasteiger partial charge in [0.25, 0.3) is 5.91 Å². The highest BCUT2D eigenvalue weighted by molar-refractivity contribution is 9.10. The maximum absolute atomic E-state index is 15.5. The Morgan fingerprint density at radius 2 is 1.63 bits per heavy atom. The molecule has 9 rings (SSSR count). The van der Waals surface area contributed by atoms with Crippen molar-refractivity contribution in [2.45, 2.75) is 75.5 Å². The van der Waals surface area contributed by atoms with Crippen LogP contribution >= 0.6 is 15.9 Å². The van der Waals surface area contributed by atoms with Gasteiger partial charge in [0.15, 0.2) is 5.60 Å². The number of hydrogen-bond acceptors (Lipinski definition) is 8. The molecule has 322 valence electrons. The number of anilines is 2. The lowest BCUT2D eigenvalue weighted by atomic mass is 9.82. The monoisotopic (exact) mass is 922 g/mol. The fourth-order valence-electron chi connectivity index (χ4n) is 10.1. The zero-order chi connectivity index (χ0) is 43.9. The molecular weight excluding hydrogens is 873 g/mol. The minimum atomic E-state index is -2.40. The van der Waals surface area contributed by atoms with Crippen LogP contribution in [-0.4, -0.2) is 65.5 Å². The summed E-state index contributed by atoms with van der Waals surface area (Å²) in [6.45, 7) is 7.71. The largest absolute Gasteiger partial charge is 0.497 e. The lowest BCUT2D eigenvalue weighted by Crippen LogP contribution is -2.51. The van der Waals surface area contributed by atoms with Gasteiger partial charge in [-0.3, -0.25) is 14.3 Å². The van der Waals surface area contributed by atoms with Gasteiger partial charge in [0.1, 0.15) is 5.75 Å². The highest BCUT2D eigenvalue weighted by Gasteiger charge is 2.66. The number of rotatable bonds is 13. The van der Waals surface area contributed by atoms with Gasteiger partial charge in [-0.1, -0.05) is 131 Å². The van der Waals surface area contributed by atoms with Crippen molar-refractivity contribution in [2.24, 2.45) is 11.0 Å². The third-order valence-electron chi connectivity index (χ3n) is 13.4. The van der Waals surface area contributed by atoms with Crippen molar-refractivity contribution < 1.29 is 24.2 Å². The summed E-state index contributed by atoms with van der Waals surface area (Å²) >= 11 is 3.74. The maximum Gasteiger partial charge on any atom is 0.264 e. The fraction of sp³-hybridized carbons (Fsp3) is 0.300. The van der Waals surface area contributed by atoms with Crippen molar-refractivity contribution in [2.75, 3.05) is 23.6 Å². The van der Waals surface area contributed by atoms with Crippen LogP contribution in [0.15, 0.2) is 143 Å². The molecule has 1 fully saturated rings. The first kappa shape index (κ1) is 42.6. The predicted octanol–water partition coefficient (Wildman–Crippen LogP) is 8.56. The number of hydrazone groups is 1. The number of hydrogen-bond donors (Lipinski definition) is 1. The lowest BCUT2D eigenvalue weighted by molar-refractivity contribution is -0.146. The number of benzene rings is 5. The number of aliphatic hydroxyl groups excluding tert-OH is 1. The van der Waals surface area contributed by atoms with Crippen LogP contribution in [0, 0.1) is 5.92 Å². The quantitative estimate of drug-likeness (QED) is 0.115. The van der Waals surface area contributed by atoms with Crippen molar-refractivity contribution in [3.05, 3.63) is 166 Å². The predicted molar refractivity (Wildman–Crippen MR) is 251 cm³/mol. The molecule has 0 saturated carbocycles. The average molecular weight is 924 g/mol. The second-order valence-corrected chi connectivity index (χ2v) is 22.9. The van der Waals surface area contributed by atoms with Gasteiger partial charge < -0.3 is 19.5 Å². The zero-order valence-corrected chi connectivity index (χ0v) is 38.5. The van der Waals surface area contributed by atoms with Gasteiger partial charge in [0, 0.05) is 41.5 Å². The molecule has 3 aliphatic rings. The Labute approximate surface area is 377 Å². The third-order valence-corrected chi connectivity index (χ3v) is 18.3. The van der Waals surface area contributed by atoms with E-state index >= 15 is 4.79 Å². The van der Waals surface area contributed by atoms with Crippen molar-refractivity contribution >= 4 is 58.1 Å². The molecule has 5 aromatic carbocycles. The van der Waals surface area contributed by atoms with E-state index in [1.165, 1.54) is 10.2 Å². The second kappa shape index (κ2) is 17.4. The molecule has 63 heavy (non-hydrogen) atoms. The van der Waals surface area contributed by atoms with E-state index in [4.69, 9.17) is 14.6 Å². The molecule has 2 amide bonds. The van der Waals surface area contributed by atoms with E-state index in [2.05, 4.69) is 64.5 Å². The van der Waals surface area contributed by atoms with Gasteiger partial charge in [-0.15, -0.1) is 5.10 Å². The SMILES string of the molecule is COc1ccc([Si](C)(C)[C@H]2[C@H](CCn3cc(C(CO)c4ccccc4)nn3)O[C@@]3(C(=O)N(Cc4ccc(N5N=C(c6ccccc6)CCC5=O)cc4)c4ccc(Br)cc43)[C@@H]2C)cc1. The van der Waals surface area contributed by atoms with Crippen LogP contribution < -0.4 is 19.8 Å². The van der Waals surface area contributed by atoms with Gasteiger partial charge >= 0.3 is 0 Å². The standard InChI is InChI=1S/C50H51BrN6O5Si/c1-33-48(63(3,4)40-22-20-39(61-2)21-23-40)46(27-28-55-31-44(52-54-55)41(32-58)35-11-7-5-8-12-35)62-50(33)42-29-37(51)17-25-45(42)56(49(50)60)30-34-15-18-38(19-16-34)57-47(59)26-24-43(53-57)36-13-9-6-10-14-36/h5-23,25,29,31,33,41,46,48,58H,24,26-28,30,32H2,1-4H3/t33-,41?,46+,48-,50+/m1/s1. The van der Waals surface area contributed by atoms with Crippen molar-refractivity contribution in [3.8, 4) is 5.75 Å². The molecule has 1 spiro atoms. The van der Waals surface area contributed by atoms with Crippen LogP contribution in [-0.2, 0) is 33.0 Å². The minimum absolute atomic E-state index is 0.0295. The van der Waals surface area contributed by atoms with Gasteiger partial charge in [-0.25, -0.2) is 5.01 Å². The zero-order valence-electron chi connectivity index (χ0n) is 35.9. The third kappa shape index (κ3) is 7.85. The number of ether oxygens (including phenoxy) is 2. The Hall–Kier alpha value is -5.73. The summed E-state index contributed by atoms with van der Waals surface area (Å²) in [7, 11) is -0.726. The molecule has 4 heterocycles. The number of aryl methyl sites for hydroxylation is 1. The number of amides is 2.